The quantitative estimate of drug-likeness (QED) is 0.878. The van der Waals surface area contributed by atoms with Gasteiger partial charge in [-0.15, -0.1) is 0 Å². The molecule has 2 aromatic rings. The van der Waals surface area contributed by atoms with E-state index in [1.807, 2.05) is 24.3 Å². The van der Waals surface area contributed by atoms with Gasteiger partial charge in [-0.1, -0.05) is 31.2 Å². The van der Waals surface area contributed by atoms with Crippen molar-refractivity contribution >= 4 is 10.0 Å². The third kappa shape index (κ3) is 4.09. The van der Waals surface area contributed by atoms with Gasteiger partial charge < -0.3 is 4.74 Å². The van der Waals surface area contributed by atoms with Crippen molar-refractivity contribution in [3.63, 3.8) is 0 Å². The normalized spacial score (nSPS) is 12.9. The van der Waals surface area contributed by atoms with Crippen LogP contribution in [0.3, 0.4) is 0 Å². The first kappa shape index (κ1) is 17.4. The summed E-state index contributed by atoms with van der Waals surface area (Å²) in [5.74, 6) is -0.706. The molecule has 2 rings (SSSR count). The maximum Gasteiger partial charge on any atom is 0.241 e. The molecule has 0 bridgehead atoms. The predicted molar refractivity (Wildman–Crippen MR) is 87.5 cm³/mol. The Kier molecular flexibility index (Phi) is 5.38. The topological polar surface area (TPSA) is 55.4 Å². The van der Waals surface area contributed by atoms with Gasteiger partial charge in [-0.05, 0) is 42.7 Å². The lowest BCUT2D eigenvalue weighted by Crippen LogP contribution is -2.27. The molecule has 0 saturated carbocycles. The van der Waals surface area contributed by atoms with Crippen LogP contribution in [0.2, 0.25) is 0 Å². The summed E-state index contributed by atoms with van der Waals surface area (Å²) in [6, 6.07) is 10.9. The van der Waals surface area contributed by atoms with E-state index in [9.17, 15) is 12.8 Å². The number of halogens is 1. The molecule has 0 aliphatic heterocycles. The molecule has 0 radical (unpaired) electrons. The summed E-state index contributed by atoms with van der Waals surface area (Å²) >= 11 is 0. The van der Waals surface area contributed by atoms with Crippen LogP contribution in [0.25, 0.3) is 0 Å². The summed E-state index contributed by atoms with van der Waals surface area (Å²) in [5, 5.41) is 0. The fourth-order valence-electron chi connectivity index (χ4n) is 2.23. The zero-order valence-electron chi connectivity index (χ0n) is 13.3. The summed E-state index contributed by atoms with van der Waals surface area (Å²) < 4.78 is 45.8. The van der Waals surface area contributed by atoms with Crippen molar-refractivity contribution in [3.8, 4) is 5.75 Å². The molecule has 0 aromatic heterocycles. The van der Waals surface area contributed by atoms with Crippen LogP contribution in [0.5, 0.6) is 5.75 Å². The van der Waals surface area contributed by atoms with Gasteiger partial charge in [0.25, 0.3) is 0 Å². The van der Waals surface area contributed by atoms with Crippen molar-refractivity contribution in [2.24, 2.45) is 0 Å². The fraction of sp³-hybridized carbons (Fsp3) is 0.294. The SMILES string of the molecule is CCc1ccc(C(C)NS(=O)(=O)c2ccc(OC)c(F)c2)cc1. The number of nitrogens with one attached hydrogen (secondary N) is 1. The molecular weight excluding hydrogens is 317 g/mol. The highest BCUT2D eigenvalue weighted by atomic mass is 32.2. The largest absolute Gasteiger partial charge is 0.494 e. The molecule has 0 fully saturated rings. The summed E-state index contributed by atoms with van der Waals surface area (Å²) in [6.45, 7) is 3.80. The van der Waals surface area contributed by atoms with Crippen molar-refractivity contribution in [1.82, 2.24) is 4.72 Å². The zero-order chi connectivity index (χ0) is 17.0. The van der Waals surface area contributed by atoms with Gasteiger partial charge in [0.2, 0.25) is 10.0 Å². The zero-order valence-corrected chi connectivity index (χ0v) is 14.2. The lowest BCUT2D eigenvalue weighted by Gasteiger charge is -2.15. The highest BCUT2D eigenvalue weighted by molar-refractivity contribution is 7.89. The van der Waals surface area contributed by atoms with Crippen LogP contribution in [0, 0.1) is 5.82 Å². The van der Waals surface area contributed by atoms with Crippen molar-refractivity contribution in [2.75, 3.05) is 7.11 Å². The molecular formula is C17H20FNO3S. The lowest BCUT2D eigenvalue weighted by molar-refractivity contribution is 0.385. The smallest absolute Gasteiger partial charge is 0.241 e. The molecule has 1 unspecified atom stereocenters. The lowest BCUT2D eigenvalue weighted by atomic mass is 10.1. The number of aryl methyl sites for hydroxylation is 1. The molecule has 4 nitrogen and oxygen atoms in total. The Bertz CT molecular complexity index is 773. The summed E-state index contributed by atoms with van der Waals surface area (Å²) in [6.07, 6.45) is 0.922. The van der Waals surface area contributed by atoms with Gasteiger partial charge in [-0.3, -0.25) is 0 Å². The van der Waals surface area contributed by atoms with Crippen LogP contribution in [0.4, 0.5) is 4.39 Å². The molecule has 6 heteroatoms. The molecule has 23 heavy (non-hydrogen) atoms. The maximum atomic E-state index is 13.7. The Morgan fingerprint density at radius 1 is 1.17 bits per heavy atom. The van der Waals surface area contributed by atoms with Crippen LogP contribution in [0.1, 0.15) is 31.0 Å². The van der Waals surface area contributed by atoms with E-state index in [4.69, 9.17) is 4.74 Å². The monoisotopic (exact) mass is 337 g/mol. The van der Waals surface area contributed by atoms with Crippen molar-refractivity contribution in [2.45, 2.75) is 31.2 Å². The van der Waals surface area contributed by atoms with E-state index in [2.05, 4.69) is 11.6 Å². The van der Waals surface area contributed by atoms with Gasteiger partial charge in [-0.25, -0.2) is 17.5 Å². The standard InChI is InChI=1S/C17H20FNO3S/c1-4-13-5-7-14(8-6-13)12(2)19-23(20,21)15-9-10-17(22-3)16(18)11-15/h5-12,19H,4H2,1-3H3. The number of sulfonamides is 1. The first-order valence-corrected chi connectivity index (χ1v) is 8.80. The van der Waals surface area contributed by atoms with Crippen molar-refractivity contribution < 1.29 is 17.5 Å². The van der Waals surface area contributed by atoms with E-state index < -0.39 is 21.9 Å². The van der Waals surface area contributed by atoms with Crippen LogP contribution in [0.15, 0.2) is 47.4 Å². The molecule has 0 saturated heterocycles. The Morgan fingerprint density at radius 3 is 2.35 bits per heavy atom. The first-order chi connectivity index (χ1) is 10.9. The molecule has 0 spiro atoms. The third-order valence-electron chi connectivity index (χ3n) is 3.65. The van der Waals surface area contributed by atoms with E-state index >= 15 is 0 Å². The summed E-state index contributed by atoms with van der Waals surface area (Å²) in [7, 11) is -2.49. The Labute approximate surface area is 136 Å². The van der Waals surface area contributed by atoms with Crippen LogP contribution < -0.4 is 9.46 Å². The molecule has 1 atom stereocenters. The Morgan fingerprint density at radius 2 is 1.83 bits per heavy atom. The van der Waals surface area contributed by atoms with E-state index in [0.717, 1.165) is 18.1 Å². The molecule has 1 N–H and O–H groups in total. The van der Waals surface area contributed by atoms with Crippen LogP contribution >= 0.6 is 0 Å². The number of rotatable bonds is 6. The number of ether oxygens (including phenoxy) is 1. The summed E-state index contributed by atoms with van der Waals surface area (Å²) in [5.41, 5.74) is 2.03. The van der Waals surface area contributed by atoms with E-state index in [-0.39, 0.29) is 10.6 Å². The third-order valence-corrected chi connectivity index (χ3v) is 5.19. The number of methoxy groups -OCH3 is 1. The minimum absolute atomic E-state index is 0.00662. The highest BCUT2D eigenvalue weighted by Gasteiger charge is 2.20. The number of hydrogen-bond donors (Lipinski definition) is 1. The van der Waals surface area contributed by atoms with Gasteiger partial charge in [0.15, 0.2) is 11.6 Å². The second-order valence-corrected chi connectivity index (χ2v) is 6.95. The molecule has 0 heterocycles. The Hall–Kier alpha value is -1.92. The second-order valence-electron chi connectivity index (χ2n) is 5.23. The number of benzene rings is 2. The van der Waals surface area contributed by atoms with Gasteiger partial charge >= 0.3 is 0 Å². The van der Waals surface area contributed by atoms with Gasteiger partial charge in [-0.2, -0.15) is 0 Å². The average molecular weight is 337 g/mol. The average Bonchev–Trinajstić information content (AvgIpc) is 2.54. The second kappa shape index (κ2) is 7.10. The minimum Gasteiger partial charge on any atom is -0.494 e. The fourth-order valence-corrected chi connectivity index (χ4v) is 3.47. The molecule has 124 valence electrons. The van der Waals surface area contributed by atoms with Crippen molar-refractivity contribution in [1.29, 1.82) is 0 Å². The first-order valence-electron chi connectivity index (χ1n) is 7.32. The van der Waals surface area contributed by atoms with Crippen molar-refractivity contribution in [3.05, 3.63) is 59.4 Å². The number of hydrogen-bond acceptors (Lipinski definition) is 3. The highest BCUT2D eigenvalue weighted by Crippen LogP contribution is 2.22. The summed E-state index contributed by atoms with van der Waals surface area (Å²) in [4.78, 5) is -0.132. The van der Waals surface area contributed by atoms with Crippen LogP contribution in [-0.2, 0) is 16.4 Å². The van der Waals surface area contributed by atoms with Gasteiger partial charge in [0.05, 0.1) is 12.0 Å². The molecule has 0 amide bonds. The van der Waals surface area contributed by atoms with Gasteiger partial charge in [0, 0.05) is 6.04 Å². The van der Waals surface area contributed by atoms with E-state index in [0.29, 0.717) is 0 Å². The van der Waals surface area contributed by atoms with Crippen LogP contribution in [-0.4, -0.2) is 15.5 Å². The van der Waals surface area contributed by atoms with E-state index in [1.165, 1.54) is 24.8 Å². The van der Waals surface area contributed by atoms with E-state index in [1.54, 1.807) is 6.92 Å². The predicted octanol–water partition coefficient (Wildman–Crippen LogP) is 3.44. The molecule has 0 aliphatic carbocycles. The molecule has 2 aromatic carbocycles. The van der Waals surface area contributed by atoms with Gasteiger partial charge in [0.1, 0.15) is 0 Å². The maximum absolute atomic E-state index is 13.7. The minimum atomic E-state index is -3.82. The Balaban J connectivity index is 2.21. The molecule has 0 aliphatic rings.